The molecule has 0 amide bonds. The number of nitrogens with zero attached hydrogens (tertiary/aromatic N) is 4. The molecule has 4 rings (SSSR count). The van der Waals surface area contributed by atoms with Gasteiger partial charge in [0.2, 0.25) is 5.95 Å². The van der Waals surface area contributed by atoms with Crippen LogP contribution in [0.5, 0.6) is 0 Å². The molecule has 8 heteroatoms. The zero-order chi connectivity index (χ0) is 20.2. The third kappa shape index (κ3) is 3.86. The van der Waals surface area contributed by atoms with Crippen LogP contribution < -0.4 is 16.7 Å². The van der Waals surface area contributed by atoms with Gasteiger partial charge in [-0.2, -0.15) is 10.1 Å². The lowest BCUT2D eigenvalue weighted by Crippen LogP contribution is -2.29. The highest BCUT2D eigenvalue weighted by atomic mass is 16.2. The number of benzene rings is 2. The first-order valence-electron chi connectivity index (χ1n) is 9.21. The molecule has 8 nitrogen and oxygen atoms in total. The largest absolute Gasteiger partial charge is 0.329 e. The van der Waals surface area contributed by atoms with Gasteiger partial charge in [-0.1, -0.05) is 60.7 Å². The van der Waals surface area contributed by atoms with E-state index in [0.29, 0.717) is 30.1 Å². The summed E-state index contributed by atoms with van der Waals surface area (Å²) in [5.41, 5.74) is 4.65. The monoisotopic (exact) mass is 388 g/mol. The number of rotatable bonds is 6. The standard InChI is InChI=1S/C21H20N6O2/c1-26-18-17(19(28)24-21(26)29)27(13-12-15-8-4-2-5-9-15)20(23-18)25-22-14-16-10-6-3-7-11-16/h2-11,14H,12-13H2,1H3,(H,23,25)(H,24,28,29)/b22-14+. The van der Waals surface area contributed by atoms with Crippen molar-refractivity contribution in [2.75, 3.05) is 5.43 Å². The van der Waals surface area contributed by atoms with E-state index in [1.54, 1.807) is 17.8 Å². The molecule has 2 aromatic heterocycles. The molecule has 0 unspecified atom stereocenters. The van der Waals surface area contributed by atoms with E-state index in [4.69, 9.17) is 0 Å². The van der Waals surface area contributed by atoms with Crippen LogP contribution in [0.4, 0.5) is 5.95 Å². The topological polar surface area (TPSA) is 97.1 Å². The Kier molecular flexibility index (Phi) is 5.07. The van der Waals surface area contributed by atoms with Crippen LogP contribution in [0.15, 0.2) is 75.4 Å². The van der Waals surface area contributed by atoms with Gasteiger partial charge in [0.15, 0.2) is 11.2 Å². The Labute approximate surface area is 166 Å². The Balaban J connectivity index is 1.72. The molecule has 0 atom stereocenters. The minimum Gasteiger partial charge on any atom is -0.303 e. The highest BCUT2D eigenvalue weighted by Gasteiger charge is 2.17. The summed E-state index contributed by atoms with van der Waals surface area (Å²) >= 11 is 0. The maximum atomic E-state index is 12.5. The second-order valence-corrected chi connectivity index (χ2v) is 6.59. The Hall–Kier alpha value is -3.94. The van der Waals surface area contributed by atoms with Gasteiger partial charge in [-0.15, -0.1) is 0 Å². The highest BCUT2D eigenvalue weighted by Crippen LogP contribution is 2.16. The molecule has 2 N–H and O–H groups in total. The van der Waals surface area contributed by atoms with E-state index >= 15 is 0 Å². The number of nitrogens with one attached hydrogen (secondary N) is 2. The third-order valence-corrected chi connectivity index (χ3v) is 4.65. The van der Waals surface area contributed by atoms with Gasteiger partial charge in [0, 0.05) is 13.6 Å². The van der Waals surface area contributed by atoms with Crippen molar-refractivity contribution in [1.82, 2.24) is 19.1 Å². The fraction of sp³-hybridized carbons (Fsp3) is 0.143. The molecule has 2 aromatic carbocycles. The van der Waals surface area contributed by atoms with Crippen LogP contribution in [0.2, 0.25) is 0 Å². The number of anilines is 1. The average Bonchev–Trinajstić information content (AvgIpc) is 3.11. The zero-order valence-electron chi connectivity index (χ0n) is 15.9. The quantitative estimate of drug-likeness (QED) is 0.390. The van der Waals surface area contributed by atoms with Crippen LogP contribution in [0.3, 0.4) is 0 Å². The molecule has 0 aliphatic rings. The Morgan fingerprint density at radius 3 is 2.48 bits per heavy atom. The lowest BCUT2D eigenvalue weighted by atomic mass is 10.1. The van der Waals surface area contributed by atoms with Crippen LogP contribution in [-0.4, -0.2) is 25.3 Å². The molecule has 0 fully saturated rings. The molecular formula is C21H20N6O2. The van der Waals surface area contributed by atoms with E-state index < -0.39 is 11.2 Å². The van der Waals surface area contributed by atoms with Crippen molar-refractivity contribution in [1.29, 1.82) is 0 Å². The molecule has 4 aromatic rings. The van der Waals surface area contributed by atoms with Crippen molar-refractivity contribution in [2.45, 2.75) is 13.0 Å². The van der Waals surface area contributed by atoms with Crippen molar-refractivity contribution in [2.24, 2.45) is 12.1 Å². The summed E-state index contributed by atoms with van der Waals surface area (Å²) in [7, 11) is 1.58. The van der Waals surface area contributed by atoms with E-state index in [9.17, 15) is 9.59 Å². The average molecular weight is 388 g/mol. The van der Waals surface area contributed by atoms with Crippen LogP contribution in [-0.2, 0) is 20.0 Å². The molecule has 0 saturated heterocycles. The molecule has 0 saturated carbocycles. The van der Waals surface area contributed by atoms with Gasteiger partial charge in [-0.05, 0) is 17.5 Å². The summed E-state index contributed by atoms with van der Waals surface area (Å²) in [6.45, 7) is 0.505. The van der Waals surface area contributed by atoms with Crippen molar-refractivity contribution >= 4 is 23.3 Å². The van der Waals surface area contributed by atoms with Gasteiger partial charge >= 0.3 is 5.69 Å². The number of imidazole rings is 1. The SMILES string of the molecule is Cn1c(=O)[nH]c(=O)c2c1nc(N/N=C/c1ccccc1)n2CCc1ccccc1. The Bertz CT molecular complexity index is 1270. The summed E-state index contributed by atoms with van der Waals surface area (Å²) in [6.07, 6.45) is 2.37. The van der Waals surface area contributed by atoms with Crippen molar-refractivity contribution in [3.8, 4) is 0 Å². The normalized spacial score (nSPS) is 11.3. The second kappa shape index (κ2) is 7.97. The molecule has 0 spiro atoms. The summed E-state index contributed by atoms with van der Waals surface area (Å²) in [5, 5.41) is 4.25. The molecular weight excluding hydrogens is 368 g/mol. The van der Waals surface area contributed by atoms with Crippen molar-refractivity contribution in [3.63, 3.8) is 0 Å². The first kappa shape index (κ1) is 18.4. The maximum absolute atomic E-state index is 12.5. The lowest BCUT2D eigenvalue weighted by molar-refractivity contribution is 0.716. The molecule has 29 heavy (non-hydrogen) atoms. The van der Waals surface area contributed by atoms with Gasteiger partial charge in [-0.3, -0.25) is 14.3 Å². The van der Waals surface area contributed by atoms with E-state index in [-0.39, 0.29) is 0 Å². The molecule has 0 aliphatic carbocycles. The molecule has 0 aliphatic heterocycles. The van der Waals surface area contributed by atoms with E-state index in [0.717, 1.165) is 11.1 Å². The maximum Gasteiger partial charge on any atom is 0.329 e. The lowest BCUT2D eigenvalue weighted by Gasteiger charge is -2.08. The predicted molar refractivity (Wildman–Crippen MR) is 113 cm³/mol. The van der Waals surface area contributed by atoms with Crippen LogP contribution >= 0.6 is 0 Å². The van der Waals surface area contributed by atoms with Crippen molar-refractivity contribution < 1.29 is 0 Å². The minimum atomic E-state index is -0.505. The van der Waals surface area contributed by atoms with Gasteiger partial charge in [0.1, 0.15) is 0 Å². The van der Waals surface area contributed by atoms with E-state index in [1.165, 1.54) is 4.57 Å². The zero-order valence-corrected chi connectivity index (χ0v) is 15.9. The molecule has 2 heterocycles. The first-order chi connectivity index (χ1) is 14.1. The summed E-state index contributed by atoms with van der Waals surface area (Å²) in [4.78, 5) is 31.3. The van der Waals surface area contributed by atoms with E-state index in [1.807, 2.05) is 60.7 Å². The van der Waals surface area contributed by atoms with Crippen molar-refractivity contribution in [3.05, 3.63) is 92.6 Å². The number of aryl methyl sites for hydroxylation is 3. The fourth-order valence-corrected chi connectivity index (χ4v) is 3.13. The number of hydrogen-bond acceptors (Lipinski definition) is 5. The summed E-state index contributed by atoms with van der Waals surface area (Å²) < 4.78 is 3.07. The van der Waals surface area contributed by atoms with Crippen LogP contribution in [0.1, 0.15) is 11.1 Å². The third-order valence-electron chi connectivity index (χ3n) is 4.65. The van der Waals surface area contributed by atoms with Gasteiger partial charge in [0.25, 0.3) is 5.56 Å². The summed E-state index contributed by atoms with van der Waals surface area (Å²) in [5.74, 6) is 0.398. The van der Waals surface area contributed by atoms with Crippen LogP contribution in [0.25, 0.3) is 11.2 Å². The number of H-pyrrole nitrogens is 1. The molecule has 0 radical (unpaired) electrons. The molecule has 0 bridgehead atoms. The van der Waals surface area contributed by atoms with Crippen LogP contribution in [0, 0.1) is 0 Å². The number of aromatic nitrogens is 4. The Morgan fingerprint density at radius 2 is 1.76 bits per heavy atom. The fourth-order valence-electron chi connectivity index (χ4n) is 3.13. The number of fused-ring (bicyclic) bond motifs is 1. The van der Waals surface area contributed by atoms with Gasteiger partial charge in [0.05, 0.1) is 6.21 Å². The number of hydrazone groups is 1. The Morgan fingerprint density at radius 1 is 1.07 bits per heavy atom. The summed E-state index contributed by atoms with van der Waals surface area (Å²) in [6, 6.07) is 19.6. The molecule has 146 valence electrons. The van der Waals surface area contributed by atoms with E-state index in [2.05, 4.69) is 20.5 Å². The van der Waals surface area contributed by atoms with Gasteiger partial charge in [-0.25, -0.2) is 10.2 Å². The second-order valence-electron chi connectivity index (χ2n) is 6.59. The number of aromatic amines is 1. The first-order valence-corrected chi connectivity index (χ1v) is 9.21. The van der Waals surface area contributed by atoms with Gasteiger partial charge < -0.3 is 4.57 Å². The predicted octanol–water partition coefficient (Wildman–Crippen LogP) is 2.11. The minimum absolute atomic E-state index is 0.309. The smallest absolute Gasteiger partial charge is 0.303 e. The highest BCUT2D eigenvalue weighted by molar-refractivity contribution is 5.80. The number of hydrogen-bond donors (Lipinski definition) is 2.